The zero-order valence-corrected chi connectivity index (χ0v) is 9.34. The molecule has 2 heteroatoms. The summed E-state index contributed by atoms with van der Waals surface area (Å²) in [5.41, 5.74) is 0. The van der Waals surface area contributed by atoms with E-state index >= 15 is 0 Å². The minimum Gasteiger partial charge on any atom is -0.312 e. The zero-order chi connectivity index (χ0) is 9.94. The molecule has 1 N–H and O–H groups in total. The van der Waals surface area contributed by atoms with Gasteiger partial charge in [-0.3, -0.25) is 0 Å². The van der Waals surface area contributed by atoms with Gasteiger partial charge < -0.3 is 10.2 Å². The molecule has 0 aromatic rings. The molecule has 0 atom stereocenters. The number of likely N-dealkylation sites (N-methyl/N-ethyl adjacent to an activating group) is 1. The molecule has 78 valence electrons. The van der Waals surface area contributed by atoms with Crippen LogP contribution in [0.5, 0.6) is 0 Å². The van der Waals surface area contributed by atoms with Crippen LogP contribution in [0, 0.1) is 0 Å². The molecule has 0 amide bonds. The predicted molar refractivity (Wildman–Crippen MR) is 60.1 cm³/mol. The van der Waals surface area contributed by atoms with Crippen molar-refractivity contribution >= 4 is 0 Å². The Morgan fingerprint density at radius 2 is 2.00 bits per heavy atom. The number of hydrogen-bond acceptors (Lipinski definition) is 2. The number of allylic oxidation sites excluding steroid dienone is 1. The number of rotatable bonds is 8. The third-order valence-electron chi connectivity index (χ3n) is 2.09. The van der Waals surface area contributed by atoms with Crippen LogP contribution in [0.3, 0.4) is 0 Å². The standard InChI is InChI=1S/C11H24N2/c1-4-7-8-12-9-11-13(6-3)10-5-2/h4,7,12H,5-6,8-11H2,1-3H3/b7-4+. The van der Waals surface area contributed by atoms with Gasteiger partial charge in [-0.2, -0.15) is 0 Å². The number of hydrogen-bond donors (Lipinski definition) is 1. The van der Waals surface area contributed by atoms with Crippen molar-refractivity contribution in [3.8, 4) is 0 Å². The van der Waals surface area contributed by atoms with E-state index in [9.17, 15) is 0 Å². The fourth-order valence-corrected chi connectivity index (χ4v) is 1.28. The highest BCUT2D eigenvalue weighted by Crippen LogP contribution is 1.88. The van der Waals surface area contributed by atoms with Crippen molar-refractivity contribution in [2.75, 3.05) is 32.7 Å². The van der Waals surface area contributed by atoms with Crippen LogP contribution in [-0.2, 0) is 0 Å². The van der Waals surface area contributed by atoms with E-state index in [1.165, 1.54) is 26.1 Å². The van der Waals surface area contributed by atoms with Crippen molar-refractivity contribution in [3.63, 3.8) is 0 Å². The molecule has 0 unspecified atom stereocenters. The SMILES string of the molecule is C/C=C/CNCCN(CC)CCC. The van der Waals surface area contributed by atoms with E-state index < -0.39 is 0 Å². The Hall–Kier alpha value is -0.340. The van der Waals surface area contributed by atoms with Crippen LogP contribution in [0.1, 0.15) is 27.2 Å². The highest BCUT2D eigenvalue weighted by atomic mass is 15.1. The summed E-state index contributed by atoms with van der Waals surface area (Å²) in [6, 6.07) is 0. The molecule has 0 saturated carbocycles. The molecule has 0 heterocycles. The van der Waals surface area contributed by atoms with Gasteiger partial charge in [-0.25, -0.2) is 0 Å². The monoisotopic (exact) mass is 184 g/mol. The molecule has 0 aliphatic heterocycles. The maximum atomic E-state index is 3.38. The third kappa shape index (κ3) is 8.00. The van der Waals surface area contributed by atoms with E-state index in [2.05, 4.69) is 43.1 Å². The van der Waals surface area contributed by atoms with Crippen molar-refractivity contribution in [2.45, 2.75) is 27.2 Å². The van der Waals surface area contributed by atoms with Crippen molar-refractivity contribution in [1.29, 1.82) is 0 Å². The topological polar surface area (TPSA) is 15.3 Å². The van der Waals surface area contributed by atoms with Crippen LogP contribution < -0.4 is 5.32 Å². The van der Waals surface area contributed by atoms with Gasteiger partial charge in [0.15, 0.2) is 0 Å². The van der Waals surface area contributed by atoms with Gasteiger partial charge in [0.25, 0.3) is 0 Å². The minimum absolute atomic E-state index is 1.00. The first-order chi connectivity index (χ1) is 6.35. The molecule has 0 aliphatic rings. The first kappa shape index (κ1) is 12.7. The Morgan fingerprint density at radius 3 is 2.54 bits per heavy atom. The van der Waals surface area contributed by atoms with Gasteiger partial charge in [-0.15, -0.1) is 0 Å². The van der Waals surface area contributed by atoms with Crippen LogP contribution in [-0.4, -0.2) is 37.6 Å². The average molecular weight is 184 g/mol. The Morgan fingerprint density at radius 1 is 1.23 bits per heavy atom. The van der Waals surface area contributed by atoms with E-state index in [-0.39, 0.29) is 0 Å². The summed E-state index contributed by atoms with van der Waals surface area (Å²) < 4.78 is 0. The Bertz CT molecular complexity index is 121. The lowest BCUT2D eigenvalue weighted by Crippen LogP contribution is -2.32. The van der Waals surface area contributed by atoms with Gasteiger partial charge in [-0.05, 0) is 26.4 Å². The molecule has 0 spiro atoms. The molecule has 0 bridgehead atoms. The molecular formula is C11H24N2. The molecule has 0 aromatic carbocycles. The normalized spacial score (nSPS) is 11.7. The number of nitrogens with zero attached hydrogens (tertiary/aromatic N) is 1. The highest BCUT2D eigenvalue weighted by molar-refractivity contribution is 4.79. The fourth-order valence-electron chi connectivity index (χ4n) is 1.28. The third-order valence-corrected chi connectivity index (χ3v) is 2.09. The summed E-state index contributed by atoms with van der Waals surface area (Å²) in [5, 5.41) is 3.38. The van der Waals surface area contributed by atoms with Gasteiger partial charge in [-0.1, -0.05) is 26.0 Å². The summed E-state index contributed by atoms with van der Waals surface area (Å²) in [4.78, 5) is 2.47. The first-order valence-corrected chi connectivity index (χ1v) is 5.39. The smallest absolute Gasteiger partial charge is 0.0135 e. The van der Waals surface area contributed by atoms with Crippen molar-refractivity contribution in [2.24, 2.45) is 0 Å². The maximum absolute atomic E-state index is 3.38. The quantitative estimate of drug-likeness (QED) is 0.458. The molecule has 0 radical (unpaired) electrons. The van der Waals surface area contributed by atoms with Gasteiger partial charge >= 0.3 is 0 Å². The second kappa shape index (κ2) is 9.75. The lowest BCUT2D eigenvalue weighted by molar-refractivity contribution is 0.289. The Kier molecular flexibility index (Phi) is 9.49. The summed E-state index contributed by atoms with van der Waals surface area (Å²) in [6.07, 6.45) is 5.48. The summed E-state index contributed by atoms with van der Waals surface area (Å²) in [5.74, 6) is 0. The molecule has 0 aromatic heterocycles. The van der Waals surface area contributed by atoms with Gasteiger partial charge in [0, 0.05) is 19.6 Å². The van der Waals surface area contributed by atoms with Crippen molar-refractivity contribution < 1.29 is 0 Å². The van der Waals surface area contributed by atoms with E-state index in [0.717, 1.165) is 13.1 Å². The first-order valence-electron chi connectivity index (χ1n) is 5.39. The Labute approximate surface area is 83.0 Å². The molecule has 0 aliphatic carbocycles. The van der Waals surface area contributed by atoms with Crippen molar-refractivity contribution in [1.82, 2.24) is 10.2 Å². The van der Waals surface area contributed by atoms with Crippen LogP contribution in [0.4, 0.5) is 0 Å². The Balaban J connectivity index is 3.27. The molecule has 0 rings (SSSR count). The lowest BCUT2D eigenvalue weighted by Gasteiger charge is -2.19. The van der Waals surface area contributed by atoms with Crippen molar-refractivity contribution in [3.05, 3.63) is 12.2 Å². The van der Waals surface area contributed by atoms with Crippen LogP contribution in [0.15, 0.2) is 12.2 Å². The average Bonchev–Trinajstić information content (AvgIpc) is 2.16. The van der Waals surface area contributed by atoms with E-state index in [1.54, 1.807) is 0 Å². The predicted octanol–water partition coefficient (Wildman–Crippen LogP) is 1.88. The van der Waals surface area contributed by atoms with E-state index in [0.29, 0.717) is 0 Å². The van der Waals surface area contributed by atoms with Gasteiger partial charge in [0.2, 0.25) is 0 Å². The van der Waals surface area contributed by atoms with E-state index in [4.69, 9.17) is 0 Å². The van der Waals surface area contributed by atoms with Crippen LogP contribution in [0.2, 0.25) is 0 Å². The lowest BCUT2D eigenvalue weighted by atomic mass is 10.4. The number of nitrogens with one attached hydrogen (secondary N) is 1. The second-order valence-electron chi connectivity index (χ2n) is 3.21. The maximum Gasteiger partial charge on any atom is 0.0135 e. The fraction of sp³-hybridized carbons (Fsp3) is 0.818. The van der Waals surface area contributed by atoms with Gasteiger partial charge in [0.05, 0.1) is 0 Å². The highest BCUT2D eigenvalue weighted by Gasteiger charge is 1.98. The summed E-state index contributed by atoms with van der Waals surface area (Å²) in [6.45, 7) is 12.2. The van der Waals surface area contributed by atoms with E-state index in [1.807, 2.05) is 0 Å². The van der Waals surface area contributed by atoms with Crippen LogP contribution in [0.25, 0.3) is 0 Å². The van der Waals surface area contributed by atoms with Gasteiger partial charge in [0.1, 0.15) is 0 Å². The largest absolute Gasteiger partial charge is 0.312 e. The molecule has 0 saturated heterocycles. The molecule has 0 fully saturated rings. The summed E-state index contributed by atoms with van der Waals surface area (Å²) >= 11 is 0. The van der Waals surface area contributed by atoms with Crippen LogP contribution >= 0.6 is 0 Å². The molecular weight excluding hydrogens is 160 g/mol. The molecule has 2 nitrogen and oxygen atoms in total. The minimum atomic E-state index is 1.00. The molecule has 13 heavy (non-hydrogen) atoms. The summed E-state index contributed by atoms with van der Waals surface area (Å²) in [7, 11) is 0. The second-order valence-corrected chi connectivity index (χ2v) is 3.21. The zero-order valence-electron chi connectivity index (χ0n) is 9.34.